The van der Waals surface area contributed by atoms with Gasteiger partial charge in [0.15, 0.2) is 0 Å². The molecule has 1 fully saturated rings. The first-order valence-electron chi connectivity index (χ1n) is 2.32. The monoisotopic (exact) mass is 95.0 g/mol. The summed E-state index contributed by atoms with van der Waals surface area (Å²) in [6.07, 6.45) is 8.65. The van der Waals surface area contributed by atoms with Gasteiger partial charge in [0.2, 0.25) is 0 Å². The van der Waals surface area contributed by atoms with Gasteiger partial charge in [-0.3, -0.25) is 0 Å². The Hall–Kier alpha value is -0.480. The quantitative estimate of drug-likeness (QED) is 0.437. The minimum absolute atomic E-state index is 0.250. The maximum Gasteiger partial charge on any atom is 0.129 e. The summed E-state index contributed by atoms with van der Waals surface area (Å²) < 4.78 is 4.90. The van der Waals surface area contributed by atoms with Crippen molar-refractivity contribution in [3.63, 3.8) is 0 Å². The summed E-state index contributed by atoms with van der Waals surface area (Å²) in [7, 11) is 1.62. The Labute approximate surface area is 43.7 Å². The molecule has 1 saturated carbocycles. The summed E-state index contributed by atoms with van der Waals surface area (Å²) in [6.45, 7) is 0. The third kappa shape index (κ3) is 0.618. The van der Waals surface area contributed by atoms with E-state index in [0.717, 1.165) is 12.8 Å². The van der Waals surface area contributed by atoms with Gasteiger partial charge in [0.1, 0.15) is 5.60 Å². The van der Waals surface area contributed by atoms with E-state index in [2.05, 4.69) is 5.92 Å². The van der Waals surface area contributed by atoms with Crippen molar-refractivity contribution in [3.05, 3.63) is 6.42 Å². The molecule has 1 heteroatoms. The topological polar surface area (TPSA) is 9.23 Å². The van der Waals surface area contributed by atoms with Crippen molar-refractivity contribution >= 4 is 0 Å². The molecule has 0 aromatic heterocycles. The molecule has 1 rings (SSSR count). The van der Waals surface area contributed by atoms with E-state index < -0.39 is 0 Å². The number of hydrogen-bond acceptors (Lipinski definition) is 1. The zero-order chi connectivity index (χ0) is 5.33. The van der Waals surface area contributed by atoms with Crippen LogP contribution >= 0.6 is 0 Å². The molecule has 0 spiro atoms. The van der Waals surface area contributed by atoms with Gasteiger partial charge in [0, 0.05) is 7.11 Å². The van der Waals surface area contributed by atoms with E-state index in [9.17, 15) is 0 Å². The van der Waals surface area contributed by atoms with Gasteiger partial charge in [-0.1, -0.05) is 5.92 Å². The molecule has 1 aliphatic rings. The van der Waals surface area contributed by atoms with Gasteiger partial charge in [-0.15, -0.1) is 0 Å². The molecule has 1 nitrogen and oxygen atoms in total. The predicted molar refractivity (Wildman–Crippen MR) is 26.1 cm³/mol. The molecule has 0 heterocycles. The van der Waals surface area contributed by atoms with Crippen molar-refractivity contribution in [2.24, 2.45) is 0 Å². The van der Waals surface area contributed by atoms with E-state index in [1.807, 2.05) is 0 Å². The lowest BCUT2D eigenvalue weighted by Crippen LogP contribution is -2.05. The van der Waals surface area contributed by atoms with Gasteiger partial charge >= 0.3 is 0 Å². The predicted octanol–water partition coefficient (Wildman–Crippen LogP) is 0.755. The van der Waals surface area contributed by atoms with Crippen molar-refractivity contribution in [1.82, 2.24) is 0 Å². The first-order chi connectivity index (χ1) is 3.33. The normalized spacial score (nSPS) is 23.4. The second kappa shape index (κ2) is 1.24. The highest BCUT2D eigenvalue weighted by molar-refractivity contribution is 5.15. The van der Waals surface area contributed by atoms with Gasteiger partial charge in [0.25, 0.3) is 0 Å². The maximum atomic E-state index is 6.69. The van der Waals surface area contributed by atoms with Crippen LogP contribution in [-0.4, -0.2) is 12.7 Å². The number of hydrogen-bond donors (Lipinski definition) is 0. The average molecular weight is 95.1 g/mol. The Kier molecular flexibility index (Phi) is 0.831. The molecule has 1 aliphatic carbocycles. The first kappa shape index (κ1) is 4.67. The lowest BCUT2D eigenvalue weighted by molar-refractivity contribution is 0.129. The van der Waals surface area contributed by atoms with Crippen molar-refractivity contribution in [3.8, 4) is 5.92 Å². The summed E-state index contributed by atoms with van der Waals surface area (Å²) >= 11 is 0. The van der Waals surface area contributed by atoms with Gasteiger partial charge in [-0.25, -0.2) is 0 Å². The van der Waals surface area contributed by atoms with Crippen LogP contribution in [0, 0.1) is 12.3 Å². The van der Waals surface area contributed by atoms with Gasteiger partial charge in [0.05, 0.1) is 0 Å². The second-order valence-corrected chi connectivity index (χ2v) is 1.82. The second-order valence-electron chi connectivity index (χ2n) is 1.82. The van der Waals surface area contributed by atoms with Gasteiger partial charge in [-0.05, 0) is 19.3 Å². The number of rotatable bonds is 1. The van der Waals surface area contributed by atoms with E-state index in [4.69, 9.17) is 11.2 Å². The van der Waals surface area contributed by atoms with Crippen molar-refractivity contribution < 1.29 is 4.74 Å². The Morgan fingerprint density at radius 2 is 2.29 bits per heavy atom. The highest BCUT2D eigenvalue weighted by Gasteiger charge is 2.41. The van der Waals surface area contributed by atoms with E-state index in [1.165, 1.54) is 0 Å². The molecule has 0 saturated heterocycles. The van der Waals surface area contributed by atoms with Crippen molar-refractivity contribution in [2.75, 3.05) is 7.11 Å². The zero-order valence-corrected chi connectivity index (χ0v) is 4.32. The van der Waals surface area contributed by atoms with Crippen LogP contribution in [-0.2, 0) is 4.74 Å². The molecule has 0 unspecified atom stereocenters. The van der Waals surface area contributed by atoms with E-state index in [-0.39, 0.29) is 5.60 Å². The molecule has 0 amide bonds. The summed E-state index contributed by atoms with van der Waals surface area (Å²) in [6, 6.07) is 0. The molecule has 0 aromatic rings. The molecular weight excluding hydrogens is 88.1 g/mol. The molecule has 0 aromatic carbocycles. The highest BCUT2D eigenvalue weighted by Crippen LogP contribution is 2.37. The molecule has 37 valence electrons. The SMILES string of the molecule is [C]#CC1(OC)CC1. The highest BCUT2D eigenvalue weighted by atomic mass is 16.5. The molecule has 7 heavy (non-hydrogen) atoms. The maximum absolute atomic E-state index is 6.69. The van der Waals surface area contributed by atoms with Crippen molar-refractivity contribution in [2.45, 2.75) is 18.4 Å². The lowest BCUT2D eigenvalue weighted by Gasteiger charge is -1.99. The standard InChI is InChI=1S/C6H7O/c1-3-6(7-2)4-5-6/h4-5H2,2H3. The van der Waals surface area contributed by atoms with E-state index in [1.54, 1.807) is 7.11 Å². The van der Waals surface area contributed by atoms with Crippen LogP contribution in [0.3, 0.4) is 0 Å². The van der Waals surface area contributed by atoms with Crippen LogP contribution in [0.4, 0.5) is 0 Å². The summed E-state index contributed by atoms with van der Waals surface area (Å²) in [5.74, 6) is 2.33. The molecular formula is C6H7O. The minimum atomic E-state index is -0.250. The fourth-order valence-corrected chi connectivity index (χ4v) is 0.494. The minimum Gasteiger partial charge on any atom is -0.366 e. The molecule has 1 radical (unpaired) electrons. The smallest absolute Gasteiger partial charge is 0.129 e. The lowest BCUT2D eigenvalue weighted by atomic mass is 10.4. The van der Waals surface area contributed by atoms with Crippen LogP contribution in [0.5, 0.6) is 0 Å². The molecule has 0 N–H and O–H groups in total. The third-order valence-corrected chi connectivity index (χ3v) is 1.32. The van der Waals surface area contributed by atoms with Crippen LogP contribution in [0.15, 0.2) is 0 Å². The fourth-order valence-electron chi connectivity index (χ4n) is 0.494. The van der Waals surface area contributed by atoms with E-state index >= 15 is 0 Å². The summed E-state index contributed by atoms with van der Waals surface area (Å²) in [5.41, 5.74) is -0.250. The fraction of sp³-hybridized carbons (Fsp3) is 0.667. The summed E-state index contributed by atoms with van der Waals surface area (Å²) in [4.78, 5) is 0. The van der Waals surface area contributed by atoms with E-state index in [0.29, 0.717) is 0 Å². The Morgan fingerprint density at radius 3 is 2.29 bits per heavy atom. The first-order valence-corrected chi connectivity index (χ1v) is 2.32. The van der Waals surface area contributed by atoms with Gasteiger partial charge in [-0.2, -0.15) is 0 Å². The molecule has 0 bridgehead atoms. The molecule has 0 aliphatic heterocycles. The Bertz CT molecular complexity index is 106. The van der Waals surface area contributed by atoms with Crippen LogP contribution in [0.1, 0.15) is 12.8 Å². The Morgan fingerprint density at radius 1 is 1.71 bits per heavy atom. The third-order valence-electron chi connectivity index (χ3n) is 1.32. The van der Waals surface area contributed by atoms with Gasteiger partial charge < -0.3 is 4.74 Å². The summed E-state index contributed by atoms with van der Waals surface area (Å²) in [5, 5.41) is 0. The van der Waals surface area contributed by atoms with Crippen LogP contribution < -0.4 is 0 Å². The number of methoxy groups -OCH3 is 1. The zero-order valence-electron chi connectivity index (χ0n) is 4.32. The average Bonchev–Trinajstić information content (AvgIpc) is 2.46. The Balaban J connectivity index is 2.47. The van der Waals surface area contributed by atoms with Crippen LogP contribution in [0.25, 0.3) is 0 Å². The largest absolute Gasteiger partial charge is 0.366 e. The van der Waals surface area contributed by atoms with Crippen molar-refractivity contribution in [1.29, 1.82) is 0 Å². The van der Waals surface area contributed by atoms with Crippen LogP contribution in [0.2, 0.25) is 0 Å². The molecule has 0 atom stereocenters. The number of ether oxygens (including phenoxy) is 1.